The van der Waals surface area contributed by atoms with E-state index in [0.717, 1.165) is 43.0 Å². The molecular weight excluding hydrogens is 412 g/mol. The Morgan fingerprint density at radius 1 is 1.13 bits per heavy atom. The van der Waals surface area contributed by atoms with Crippen LogP contribution < -0.4 is 20.4 Å². The highest BCUT2D eigenvalue weighted by Gasteiger charge is 2.27. The van der Waals surface area contributed by atoms with E-state index >= 15 is 0 Å². The molecule has 1 aromatic carbocycles. The summed E-state index contributed by atoms with van der Waals surface area (Å²) >= 11 is 1.30. The summed E-state index contributed by atoms with van der Waals surface area (Å²) in [6.07, 6.45) is 3.74. The molecule has 4 heterocycles. The van der Waals surface area contributed by atoms with Crippen LogP contribution in [-0.2, 0) is 17.8 Å². The number of nitrogens with zero attached hydrogens (tertiary/aromatic N) is 4. The lowest BCUT2D eigenvalue weighted by atomic mass is 10.00. The first-order valence-corrected chi connectivity index (χ1v) is 11.1. The van der Waals surface area contributed by atoms with Crippen molar-refractivity contribution >= 4 is 39.7 Å². The SMILES string of the molecule is O=C(Nc1cnccc1N1CCNCC1)c1csc(N2Cc3ccccc3CC2=O)n1. The molecule has 1 fully saturated rings. The second-order valence-electron chi connectivity index (χ2n) is 7.52. The average Bonchev–Trinajstić information content (AvgIpc) is 3.30. The largest absolute Gasteiger partial charge is 0.367 e. The lowest BCUT2D eigenvalue weighted by Gasteiger charge is -2.30. The van der Waals surface area contributed by atoms with Crippen molar-refractivity contribution in [3.63, 3.8) is 0 Å². The number of rotatable bonds is 4. The molecule has 9 heteroatoms. The first-order valence-electron chi connectivity index (χ1n) is 10.2. The number of anilines is 3. The summed E-state index contributed by atoms with van der Waals surface area (Å²) in [4.78, 5) is 38.0. The van der Waals surface area contributed by atoms with E-state index in [9.17, 15) is 9.59 Å². The summed E-state index contributed by atoms with van der Waals surface area (Å²) in [5.41, 5.74) is 4.06. The number of pyridine rings is 1. The van der Waals surface area contributed by atoms with Gasteiger partial charge in [-0.15, -0.1) is 11.3 Å². The number of nitrogens with one attached hydrogen (secondary N) is 2. The summed E-state index contributed by atoms with van der Waals surface area (Å²) in [6, 6.07) is 9.83. The zero-order valence-corrected chi connectivity index (χ0v) is 17.7. The number of piperazine rings is 1. The van der Waals surface area contributed by atoms with Gasteiger partial charge in [0.2, 0.25) is 5.91 Å². The first kappa shape index (κ1) is 19.7. The fourth-order valence-electron chi connectivity index (χ4n) is 3.92. The number of aromatic nitrogens is 2. The average molecular weight is 435 g/mol. The zero-order valence-electron chi connectivity index (χ0n) is 16.9. The highest BCUT2D eigenvalue weighted by molar-refractivity contribution is 7.14. The Labute approximate surface area is 183 Å². The van der Waals surface area contributed by atoms with Crippen LogP contribution in [0.25, 0.3) is 0 Å². The third kappa shape index (κ3) is 4.01. The topological polar surface area (TPSA) is 90.5 Å². The monoisotopic (exact) mass is 434 g/mol. The molecular formula is C22H22N6O2S. The van der Waals surface area contributed by atoms with Crippen LogP contribution >= 0.6 is 11.3 Å². The van der Waals surface area contributed by atoms with Crippen molar-refractivity contribution in [3.05, 3.63) is 64.9 Å². The molecule has 5 rings (SSSR count). The highest BCUT2D eigenvalue weighted by Crippen LogP contribution is 2.29. The Bertz CT molecular complexity index is 1120. The molecule has 0 spiro atoms. The van der Waals surface area contributed by atoms with Gasteiger partial charge in [0.15, 0.2) is 5.13 Å². The van der Waals surface area contributed by atoms with Crippen molar-refractivity contribution < 1.29 is 9.59 Å². The molecule has 2 aliphatic heterocycles. The number of thiazole rings is 1. The fraction of sp³-hybridized carbons (Fsp3) is 0.273. The maximum absolute atomic E-state index is 12.9. The van der Waals surface area contributed by atoms with Gasteiger partial charge in [-0.2, -0.15) is 0 Å². The Morgan fingerprint density at radius 3 is 2.77 bits per heavy atom. The Balaban J connectivity index is 1.33. The zero-order chi connectivity index (χ0) is 21.2. The van der Waals surface area contributed by atoms with E-state index < -0.39 is 0 Å². The van der Waals surface area contributed by atoms with Crippen LogP contribution in [0, 0.1) is 0 Å². The van der Waals surface area contributed by atoms with Crippen molar-refractivity contribution in [2.75, 3.05) is 41.3 Å². The molecule has 31 heavy (non-hydrogen) atoms. The second kappa shape index (κ2) is 8.44. The number of carbonyl (C=O) groups excluding carboxylic acids is 2. The minimum atomic E-state index is -0.309. The molecule has 2 amide bonds. The Morgan fingerprint density at radius 2 is 1.94 bits per heavy atom. The lowest BCUT2D eigenvalue weighted by molar-refractivity contribution is -0.118. The normalized spacial score (nSPS) is 16.2. The number of amides is 2. The van der Waals surface area contributed by atoms with E-state index in [2.05, 4.69) is 25.5 Å². The number of hydrogen-bond acceptors (Lipinski definition) is 7. The molecule has 2 aliphatic rings. The van der Waals surface area contributed by atoms with Gasteiger partial charge in [0, 0.05) is 37.8 Å². The van der Waals surface area contributed by atoms with Gasteiger partial charge >= 0.3 is 0 Å². The standard InChI is InChI=1S/C22H22N6O2S/c29-20-11-15-3-1-2-4-16(15)13-28(20)22-26-18(14-31-22)21(30)25-17-12-24-6-5-19(17)27-9-7-23-8-10-27/h1-6,12,14,23H,7-11,13H2,(H,25,30). The maximum Gasteiger partial charge on any atom is 0.275 e. The molecule has 0 radical (unpaired) electrons. The number of benzene rings is 1. The van der Waals surface area contributed by atoms with Crippen LogP contribution in [0.2, 0.25) is 0 Å². The maximum atomic E-state index is 12.9. The van der Waals surface area contributed by atoms with Crippen LogP contribution in [0.5, 0.6) is 0 Å². The quantitative estimate of drug-likeness (QED) is 0.655. The van der Waals surface area contributed by atoms with Gasteiger partial charge in [-0.25, -0.2) is 4.98 Å². The van der Waals surface area contributed by atoms with Gasteiger partial charge in [0.05, 0.1) is 30.5 Å². The first-order chi connectivity index (χ1) is 15.2. The van der Waals surface area contributed by atoms with Crippen LogP contribution in [0.15, 0.2) is 48.1 Å². The predicted octanol–water partition coefficient (Wildman–Crippen LogP) is 2.29. The van der Waals surface area contributed by atoms with Gasteiger partial charge in [-0.05, 0) is 17.2 Å². The summed E-state index contributed by atoms with van der Waals surface area (Å²) < 4.78 is 0. The summed E-state index contributed by atoms with van der Waals surface area (Å²) in [5.74, 6) is -0.315. The molecule has 1 saturated heterocycles. The van der Waals surface area contributed by atoms with Crippen molar-refractivity contribution in [2.24, 2.45) is 0 Å². The van der Waals surface area contributed by atoms with E-state index in [1.807, 2.05) is 30.3 Å². The van der Waals surface area contributed by atoms with Gasteiger partial charge in [-0.3, -0.25) is 19.5 Å². The van der Waals surface area contributed by atoms with Crippen molar-refractivity contribution in [2.45, 2.75) is 13.0 Å². The number of fused-ring (bicyclic) bond motifs is 1. The lowest BCUT2D eigenvalue weighted by Crippen LogP contribution is -2.43. The highest BCUT2D eigenvalue weighted by atomic mass is 32.1. The van der Waals surface area contributed by atoms with Gasteiger partial charge in [-0.1, -0.05) is 24.3 Å². The minimum absolute atomic E-state index is 0.00624. The van der Waals surface area contributed by atoms with Crippen molar-refractivity contribution in [1.29, 1.82) is 0 Å². The summed E-state index contributed by atoms with van der Waals surface area (Å²) in [5, 5.41) is 8.51. The van der Waals surface area contributed by atoms with E-state index in [4.69, 9.17) is 0 Å². The summed E-state index contributed by atoms with van der Waals surface area (Å²) in [6.45, 7) is 4.01. The Kier molecular flexibility index (Phi) is 5.35. The van der Waals surface area contributed by atoms with Crippen LogP contribution in [-0.4, -0.2) is 48.0 Å². The molecule has 3 aromatic rings. The molecule has 0 unspecified atom stereocenters. The van der Waals surface area contributed by atoms with E-state index in [-0.39, 0.29) is 11.8 Å². The van der Waals surface area contributed by atoms with E-state index in [0.29, 0.717) is 29.5 Å². The van der Waals surface area contributed by atoms with Gasteiger partial charge in [0.25, 0.3) is 5.91 Å². The third-order valence-electron chi connectivity index (χ3n) is 5.55. The molecule has 0 atom stereocenters. The minimum Gasteiger partial charge on any atom is -0.367 e. The molecule has 2 aromatic heterocycles. The van der Waals surface area contributed by atoms with Crippen LogP contribution in [0.4, 0.5) is 16.5 Å². The Hall–Kier alpha value is -3.30. The molecule has 158 valence electrons. The number of carbonyl (C=O) groups is 2. The van der Waals surface area contributed by atoms with E-state index in [1.165, 1.54) is 11.3 Å². The van der Waals surface area contributed by atoms with Crippen molar-refractivity contribution in [3.8, 4) is 0 Å². The number of hydrogen-bond donors (Lipinski definition) is 2. The molecule has 0 saturated carbocycles. The fourth-order valence-corrected chi connectivity index (χ4v) is 4.74. The van der Waals surface area contributed by atoms with Gasteiger partial charge < -0.3 is 15.5 Å². The molecule has 0 aliphatic carbocycles. The van der Waals surface area contributed by atoms with Gasteiger partial charge in [0.1, 0.15) is 5.69 Å². The second-order valence-corrected chi connectivity index (χ2v) is 8.36. The van der Waals surface area contributed by atoms with Crippen LogP contribution in [0.3, 0.4) is 0 Å². The molecule has 0 bridgehead atoms. The smallest absolute Gasteiger partial charge is 0.275 e. The summed E-state index contributed by atoms with van der Waals surface area (Å²) in [7, 11) is 0. The van der Waals surface area contributed by atoms with E-state index in [1.54, 1.807) is 22.7 Å². The van der Waals surface area contributed by atoms with Crippen LogP contribution in [0.1, 0.15) is 21.6 Å². The predicted molar refractivity (Wildman–Crippen MR) is 121 cm³/mol. The third-order valence-corrected chi connectivity index (χ3v) is 6.41. The van der Waals surface area contributed by atoms with Crippen molar-refractivity contribution in [1.82, 2.24) is 15.3 Å². The molecule has 8 nitrogen and oxygen atoms in total. The molecule has 2 N–H and O–H groups in total.